The Morgan fingerprint density at radius 3 is 2.12 bits per heavy atom. The summed E-state index contributed by atoms with van der Waals surface area (Å²) in [4.78, 5) is 38.2. The molecule has 9 heteroatoms. The highest BCUT2D eigenvalue weighted by molar-refractivity contribution is 7.91. The van der Waals surface area contributed by atoms with E-state index in [4.69, 9.17) is 0 Å². The van der Waals surface area contributed by atoms with Gasteiger partial charge in [0.2, 0.25) is 5.91 Å². The first kappa shape index (κ1) is 24.2. The van der Waals surface area contributed by atoms with Gasteiger partial charge in [0.15, 0.2) is 15.6 Å². The van der Waals surface area contributed by atoms with Gasteiger partial charge in [-0.15, -0.1) is 0 Å². The minimum atomic E-state index is -3.28. The van der Waals surface area contributed by atoms with Crippen molar-refractivity contribution in [2.24, 2.45) is 0 Å². The lowest BCUT2D eigenvalue weighted by Gasteiger charge is -2.22. The number of anilines is 1. The molecular formula is C24H26N4O4S. The van der Waals surface area contributed by atoms with E-state index in [1.54, 1.807) is 64.4 Å². The Hall–Kier alpha value is -3.46. The number of amides is 1. The summed E-state index contributed by atoms with van der Waals surface area (Å²) in [6.45, 7) is 6.94. The van der Waals surface area contributed by atoms with E-state index in [0.29, 0.717) is 22.6 Å². The zero-order valence-corrected chi connectivity index (χ0v) is 19.8. The van der Waals surface area contributed by atoms with E-state index in [2.05, 4.69) is 20.3 Å². The van der Waals surface area contributed by atoms with Gasteiger partial charge in [-0.2, -0.15) is 0 Å². The van der Waals surface area contributed by atoms with E-state index in [1.165, 1.54) is 18.3 Å². The third-order valence-electron chi connectivity index (χ3n) is 5.38. The lowest BCUT2D eigenvalue weighted by molar-refractivity contribution is -0.115. The van der Waals surface area contributed by atoms with Gasteiger partial charge in [0.25, 0.3) is 0 Å². The van der Waals surface area contributed by atoms with E-state index < -0.39 is 15.3 Å². The molecule has 172 valence electrons. The molecule has 0 radical (unpaired) electrons. The molecule has 1 N–H and O–H groups in total. The number of nitrogens with zero attached hydrogens (tertiary/aromatic N) is 3. The van der Waals surface area contributed by atoms with Gasteiger partial charge >= 0.3 is 0 Å². The summed E-state index contributed by atoms with van der Waals surface area (Å²) in [6.07, 6.45) is 4.79. The van der Waals surface area contributed by atoms with Gasteiger partial charge in [-0.3, -0.25) is 14.6 Å². The van der Waals surface area contributed by atoms with Crippen molar-refractivity contribution in [3.8, 4) is 0 Å². The number of carbonyl (C=O) groups excluding carboxylic acids is 2. The third-order valence-corrected chi connectivity index (χ3v) is 7.13. The van der Waals surface area contributed by atoms with E-state index in [-0.39, 0.29) is 34.5 Å². The maximum absolute atomic E-state index is 13.0. The lowest BCUT2D eigenvalue weighted by Crippen LogP contribution is -2.30. The second-order valence-electron chi connectivity index (χ2n) is 8.18. The van der Waals surface area contributed by atoms with E-state index in [9.17, 15) is 18.0 Å². The number of rotatable bonds is 8. The molecule has 0 unspecified atom stereocenters. The standard InChI is InChI=1S/C24H26N4O4S/c1-5-33(31,32)20-9-6-17(7-10-20)12-22(29)28-19-8-11-21(27-15-19)23(30)24(3,4)18-13-25-16(2)26-14-18/h6-11,13-15H,5,12H2,1-4H3,(H,28,29). The van der Waals surface area contributed by atoms with Gasteiger partial charge < -0.3 is 5.32 Å². The summed E-state index contributed by atoms with van der Waals surface area (Å²) < 4.78 is 23.8. The van der Waals surface area contributed by atoms with Crippen molar-refractivity contribution in [2.45, 2.75) is 44.4 Å². The van der Waals surface area contributed by atoms with E-state index in [1.807, 2.05) is 0 Å². The molecule has 8 nitrogen and oxygen atoms in total. The first-order valence-electron chi connectivity index (χ1n) is 10.4. The average Bonchev–Trinajstić information content (AvgIpc) is 2.79. The molecule has 2 aromatic heterocycles. The molecule has 1 aromatic carbocycles. The van der Waals surface area contributed by atoms with Crippen LogP contribution in [0.15, 0.2) is 59.9 Å². The molecule has 0 aliphatic heterocycles. The SMILES string of the molecule is CCS(=O)(=O)c1ccc(CC(=O)Nc2ccc(C(=O)C(C)(C)c3cnc(C)nc3)nc2)cc1. The highest BCUT2D eigenvalue weighted by Crippen LogP contribution is 2.26. The van der Waals surface area contributed by atoms with Crippen molar-refractivity contribution in [1.29, 1.82) is 0 Å². The van der Waals surface area contributed by atoms with Gasteiger partial charge in [0.05, 0.1) is 34.4 Å². The van der Waals surface area contributed by atoms with Gasteiger partial charge in [-0.25, -0.2) is 18.4 Å². The molecule has 0 spiro atoms. The van der Waals surface area contributed by atoms with Crippen molar-refractivity contribution < 1.29 is 18.0 Å². The normalized spacial score (nSPS) is 11.8. The molecule has 0 atom stereocenters. The van der Waals surface area contributed by atoms with E-state index >= 15 is 0 Å². The van der Waals surface area contributed by atoms with Crippen LogP contribution in [0, 0.1) is 6.92 Å². The van der Waals surface area contributed by atoms with Crippen molar-refractivity contribution in [3.63, 3.8) is 0 Å². The van der Waals surface area contributed by atoms with Gasteiger partial charge in [0, 0.05) is 18.0 Å². The fourth-order valence-electron chi connectivity index (χ4n) is 3.14. The summed E-state index contributed by atoms with van der Waals surface area (Å²) in [5.74, 6) is 0.185. The second-order valence-corrected chi connectivity index (χ2v) is 10.5. The Labute approximate surface area is 193 Å². The lowest BCUT2D eigenvalue weighted by atomic mass is 9.80. The van der Waals surface area contributed by atoms with Crippen LogP contribution < -0.4 is 5.32 Å². The minimum absolute atomic E-state index is 0.0221. The van der Waals surface area contributed by atoms with Gasteiger partial charge in [0.1, 0.15) is 11.5 Å². The zero-order valence-electron chi connectivity index (χ0n) is 19.0. The largest absolute Gasteiger partial charge is 0.324 e. The van der Waals surface area contributed by atoms with Crippen LogP contribution in [0.1, 0.15) is 48.2 Å². The molecule has 0 bridgehead atoms. The Kier molecular flexibility index (Phi) is 7.02. The molecular weight excluding hydrogens is 440 g/mol. The minimum Gasteiger partial charge on any atom is -0.324 e. The molecule has 3 rings (SSSR count). The quantitative estimate of drug-likeness (QED) is 0.506. The molecule has 2 heterocycles. The number of pyridine rings is 1. The molecule has 0 saturated heterocycles. The number of benzene rings is 1. The van der Waals surface area contributed by atoms with Crippen molar-refractivity contribution in [2.75, 3.05) is 11.1 Å². The van der Waals surface area contributed by atoms with Crippen LogP contribution in [-0.4, -0.2) is 40.8 Å². The Balaban J connectivity index is 1.65. The predicted molar refractivity (Wildman–Crippen MR) is 125 cm³/mol. The Morgan fingerprint density at radius 2 is 1.58 bits per heavy atom. The summed E-state index contributed by atoms with van der Waals surface area (Å²) in [6, 6.07) is 9.45. The third kappa shape index (κ3) is 5.67. The molecule has 1 amide bonds. The molecule has 3 aromatic rings. The number of Topliss-reactive ketones (excluding diaryl/α,β-unsaturated/α-hetero) is 1. The van der Waals surface area contributed by atoms with Crippen molar-refractivity contribution in [1.82, 2.24) is 15.0 Å². The summed E-state index contributed by atoms with van der Waals surface area (Å²) in [7, 11) is -3.28. The molecule has 0 saturated carbocycles. The molecule has 0 aliphatic carbocycles. The number of hydrogen-bond donors (Lipinski definition) is 1. The second kappa shape index (κ2) is 9.58. The van der Waals surface area contributed by atoms with Crippen LogP contribution in [0.3, 0.4) is 0 Å². The summed E-state index contributed by atoms with van der Waals surface area (Å²) >= 11 is 0. The zero-order chi connectivity index (χ0) is 24.2. The first-order chi connectivity index (χ1) is 15.5. The number of carbonyl (C=O) groups is 2. The highest BCUT2D eigenvalue weighted by Gasteiger charge is 2.32. The maximum Gasteiger partial charge on any atom is 0.228 e. The number of aryl methyl sites for hydroxylation is 1. The van der Waals surface area contributed by atoms with Crippen LogP contribution in [0.2, 0.25) is 0 Å². The van der Waals surface area contributed by atoms with Crippen LogP contribution >= 0.6 is 0 Å². The van der Waals surface area contributed by atoms with Crippen LogP contribution in [0.5, 0.6) is 0 Å². The predicted octanol–water partition coefficient (Wildman–Crippen LogP) is 3.32. The summed E-state index contributed by atoms with van der Waals surface area (Å²) in [5, 5.41) is 2.74. The number of aromatic nitrogens is 3. The van der Waals surface area contributed by atoms with Crippen LogP contribution in [-0.2, 0) is 26.5 Å². The Morgan fingerprint density at radius 1 is 0.939 bits per heavy atom. The van der Waals surface area contributed by atoms with Gasteiger partial charge in [-0.05, 0) is 50.6 Å². The maximum atomic E-state index is 13.0. The molecule has 33 heavy (non-hydrogen) atoms. The smallest absolute Gasteiger partial charge is 0.228 e. The van der Waals surface area contributed by atoms with Crippen LogP contribution in [0.25, 0.3) is 0 Å². The molecule has 0 fully saturated rings. The highest BCUT2D eigenvalue weighted by atomic mass is 32.2. The Bertz CT molecular complexity index is 1250. The first-order valence-corrected chi connectivity index (χ1v) is 12.1. The van der Waals surface area contributed by atoms with E-state index in [0.717, 1.165) is 0 Å². The topological polar surface area (TPSA) is 119 Å². The average molecular weight is 467 g/mol. The fourth-order valence-corrected chi connectivity index (χ4v) is 4.02. The summed E-state index contributed by atoms with van der Waals surface area (Å²) in [5.41, 5.74) is 1.24. The number of nitrogens with one attached hydrogen (secondary N) is 1. The monoisotopic (exact) mass is 466 g/mol. The van der Waals surface area contributed by atoms with Gasteiger partial charge in [-0.1, -0.05) is 19.1 Å². The van der Waals surface area contributed by atoms with Crippen molar-refractivity contribution >= 4 is 27.2 Å². The van der Waals surface area contributed by atoms with Crippen LogP contribution in [0.4, 0.5) is 5.69 Å². The fraction of sp³-hybridized carbons (Fsp3) is 0.292. The number of ketones is 1. The van der Waals surface area contributed by atoms with Crippen molar-refractivity contribution in [3.05, 3.63) is 77.6 Å². The molecule has 0 aliphatic rings. The number of sulfone groups is 1. The number of hydrogen-bond acceptors (Lipinski definition) is 7.